The highest BCUT2D eigenvalue weighted by Gasteiger charge is 2.24. The van der Waals surface area contributed by atoms with Crippen LogP contribution in [0.5, 0.6) is 0 Å². The molecule has 0 aliphatic carbocycles. The zero-order valence-corrected chi connectivity index (χ0v) is 13.0. The van der Waals surface area contributed by atoms with Crippen LogP contribution in [0.25, 0.3) is 0 Å². The molecule has 0 spiro atoms. The predicted molar refractivity (Wildman–Crippen MR) is 75.7 cm³/mol. The molecule has 0 aromatic rings. The lowest BCUT2D eigenvalue weighted by Gasteiger charge is -2.32. The van der Waals surface area contributed by atoms with Gasteiger partial charge in [0.25, 0.3) is 0 Å². The molecule has 0 unspecified atom stereocenters. The molecule has 0 heteroatoms. The summed E-state index contributed by atoms with van der Waals surface area (Å²) in [6.45, 7) is 19.0. The Hall–Kier alpha value is 0. The number of hydrogen-bond acceptors (Lipinski definition) is 0. The minimum absolute atomic E-state index is 0.516. The zero-order chi connectivity index (χ0) is 13.0. The molecule has 0 heterocycles. The molecule has 0 saturated heterocycles. The van der Waals surface area contributed by atoms with Gasteiger partial charge in [0.05, 0.1) is 0 Å². The maximum atomic E-state index is 2.41. The maximum Gasteiger partial charge on any atom is -0.0331 e. The van der Waals surface area contributed by atoms with Crippen LogP contribution < -0.4 is 0 Å². The molecule has 0 nitrogen and oxygen atoms in total. The first-order chi connectivity index (χ1) is 7.09. The Morgan fingerprint density at radius 3 is 1.06 bits per heavy atom. The molecule has 0 aromatic carbocycles. The van der Waals surface area contributed by atoms with E-state index in [0.29, 0.717) is 10.8 Å². The Bertz CT molecular complexity index is 162. The van der Waals surface area contributed by atoms with Crippen molar-refractivity contribution in [3.8, 4) is 0 Å². The SMILES string of the molecule is CC(C)C(C)(C)CCCCC(C)(C)C(C)C. The Morgan fingerprint density at radius 2 is 0.875 bits per heavy atom. The van der Waals surface area contributed by atoms with Crippen molar-refractivity contribution in [3.05, 3.63) is 0 Å². The molecule has 0 radical (unpaired) electrons. The lowest BCUT2D eigenvalue weighted by atomic mass is 9.74. The monoisotopic (exact) mass is 226 g/mol. The van der Waals surface area contributed by atoms with Crippen LogP contribution in [0.4, 0.5) is 0 Å². The van der Waals surface area contributed by atoms with Gasteiger partial charge in [-0.3, -0.25) is 0 Å². The average molecular weight is 226 g/mol. The average Bonchev–Trinajstić information content (AvgIpc) is 2.12. The highest BCUT2D eigenvalue weighted by molar-refractivity contribution is 4.75. The van der Waals surface area contributed by atoms with Crippen LogP contribution in [0.1, 0.15) is 81.1 Å². The largest absolute Gasteiger partial charge is 0.0623 e. The summed E-state index contributed by atoms with van der Waals surface area (Å²) in [7, 11) is 0. The fraction of sp³-hybridized carbons (Fsp3) is 1.00. The van der Waals surface area contributed by atoms with Gasteiger partial charge in [0.1, 0.15) is 0 Å². The first-order valence-electron chi connectivity index (χ1n) is 7.09. The smallest absolute Gasteiger partial charge is 0.0331 e. The molecular weight excluding hydrogens is 192 g/mol. The summed E-state index contributed by atoms with van der Waals surface area (Å²) in [6, 6.07) is 0. The molecule has 0 N–H and O–H groups in total. The molecular formula is C16H34. The molecule has 0 rings (SSSR count). The van der Waals surface area contributed by atoms with Crippen molar-refractivity contribution in [1.82, 2.24) is 0 Å². The molecule has 0 amide bonds. The van der Waals surface area contributed by atoms with E-state index in [-0.39, 0.29) is 0 Å². The van der Waals surface area contributed by atoms with E-state index in [1.54, 1.807) is 0 Å². The highest BCUT2D eigenvalue weighted by atomic mass is 14.3. The van der Waals surface area contributed by atoms with Gasteiger partial charge in [-0.2, -0.15) is 0 Å². The topological polar surface area (TPSA) is 0 Å². The molecule has 0 atom stereocenters. The van der Waals surface area contributed by atoms with E-state index in [9.17, 15) is 0 Å². The van der Waals surface area contributed by atoms with Gasteiger partial charge in [-0.15, -0.1) is 0 Å². The van der Waals surface area contributed by atoms with Gasteiger partial charge in [0.2, 0.25) is 0 Å². The minimum Gasteiger partial charge on any atom is -0.0623 e. The van der Waals surface area contributed by atoms with Crippen LogP contribution in [0, 0.1) is 22.7 Å². The van der Waals surface area contributed by atoms with Crippen molar-refractivity contribution < 1.29 is 0 Å². The summed E-state index contributed by atoms with van der Waals surface area (Å²) in [5.74, 6) is 1.59. The van der Waals surface area contributed by atoms with Crippen LogP contribution in [0.3, 0.4) is 0 Å². The summed E-state index contributed by atoms with van der Waals surface area (Å²) in [5, 5.41) is 0. The summed E-state index contributed by atoms with van der Waals surface area (Å²) < 4.78 is 0. The lowest BCUT2D eigenvalue weighted by Crippen LogP contribution is -2.21. The van der Waals surface area contributed by atoms with E-state index in [2.05, 4.69) is 55.4 Å². The van der Waals surface area contributed by atoms with E-state index in [4.69, 9.17) is 0 Å². The zero-order valence-electron chi connectivity index (χ0n) is 13.0. The third kappa shape index (κ3) is 5.37. The van der Waals surface area contributed by atoms with Gasteiger partial charge < -0.3 is 0 Å². The fourth-order valence-electron chi connectivity index (χ4n) is 1.74. The van der Waals surface area contributed by atoms with Gasteiger partial charge in [-0.05, 0) is 35.5 Å². The van der Waals surface area contributed by atoms with Gasteiger partial charge in [-0.1, -0.05) is 68.2 Å². The van der Waals surface area contributed by atoms with Crippen LogP contribution in [0.15, 0.2) is 0 Å². The highest BCUT2D eigenvalue weighted by Crippen LogP contribution is 2.35. The van der Waals surface area contributed by atoms with E-state index in [1.165, 1.54) is 25.7 Å². The summed E-state index contributed by atoms with van der Waals surface area (Å²) in [5.41, 5.74) is 1.03. The van der Waals surface area contributed by atoms with E-state index >= 15 is 0 Å². The van der Waals surface area contributed by atoms with Crippen molar-refractivity contribution in [2.75, 3.05) is 0 Å². The second kappa shape index (κ2) is 6.07. The van der Waals surface area contributed by atoms with Crippen LogP contribution >= 0.6 is 0 Å². The van der Waals surface area contributed by atoms with Crippen LogP contribution in [-0.2, 0) is 0 Å². The number of rotatable bonds is 7. The van der Waals surface area contributed by atoms with Crippen molar-refractivity contribution in [2.45, 2.75) is 81.1 Å². The molecule has 0 saturated carbocycles. The molecule has 0 bridgehead atoms. The van der Waals surface area contributed by atoms with Gasteiger partial charge in [0, 0.05) is 0 Å². The first kappa shape index (κ1) is 16.0. The summed E-state index contributed by atoms with van der Waals surface area (Å²) in [6.07, 6.45) is 5.53. The molecule has 0 fully saturated rings. The molecule has 98 valence electrons. The molecule has 0 aliphatic rings. The van der Waals surface area contributed by atoms with Gasteiger partial charge in [0.15, 0.2) is 0 Å². The van der Waals surface area contributed by atoms with Crippen molar-refractivity contribution in [2.24, 2.45) is 22.7 Å². The minimum atomic E-state index is 0.516. The van der Waals surface area contributed by atoms with Crippen molar-refractivity contribution in [3.63, 3.8) is 0 Å². The van der Waals surface area contributed by atoms with Crippen molar-refractivity contribution in [1.29, 1.82) is 0 Å². The van der Waals surface area contributed by atoms with Gasteiger partial charge >= 0.3 is 0 Å². The molecule has 0 aliphatic heterocycles. The van der Waals surface area contributed by atoms with E-state index in [1.807, 2.05) is 0 Å². The maximum absolute atomic E-state index is 2.41. The predicted octanol–water partition coefficient (Wildman–Crippen LogP) is 5.91. The number of hydrogen-bond donors (Lipinski definition) is 0. The first-order valence-corrected chi connectivity index (χ1v) is 7.09. The fourth-order valence-corrected chi connectivity index (χ4v) is 1.74. The number of unbranched alkanes of at least 4 members (excludes halogenated alkanes) is 1. The Labute approximate surface area is 104 Å². The van der Waals surface area contributed by atoms with Crippen LogP contribution in [-0.4, -0.2) is 0 Å². The Balaban J connectivity index is 3.85. The Morgan fingerprint density at radius 1 is 0.625 bits per heavy atom. The third-order valence-corrected chi connectivity index (χ3v) is 5.02. The molecule has 16 heavy (non-hydrogen) atoms. The summed E-state index contributed by atoms with van der Waals surface area (Å²) in [4.78, 5) is 0. The standard InChI is InChI=1S/C16H34/c1-13(2)15(5,6)11-9-10-12-16(7,8)14(3)4/h13-14H,9-12H2,1-8H3. The quantitative estimate of drug-likeness (QED) is 0.473. The normalized spacial score (nSPS) is 13.9. The van der Waals surface area contributed by atoms with Crippen LogP contribution in [0.2, 0.25) is 0 Å². The Kier molecular flexibility index (Phi) is 6.07. The van der Waals surface area contributed by atoms with E-state index in [0.717, 1.165) is 11.8 Å². The lowest BCUT2D eigenvalue weighted by molar-refractivity contribution is 0.194. The second-order valence-electron chi connectivity index (χ2n) is 7.49. The summed E-state index contributed by atoms with van der Waals surface area (Å²) >= 11 is 0. The van der Waals surface area contributed by atoms with E-state index < -0.39 is 0 Å². The van der Waals surface area contributed by atoms with Crippen molar-refractivity contribution >= 4 is 0 Å². The third-order valence-electron chi connectivity index (χ3n) is 5.02. The van der Waals surface area contributed by atoms with Gasteiger partial charge in [-0.25, -0.2) is 0 Å². The molecule has 0 aromatic heterocycles. The second-order valence-corrected chi connectivity index (χ2v) is 7.49.